The molecule has 0 aromatic heterocycles. The summed E-state index contributed by atoms with van der Waals surface area (Å²) in [6.45, 7) is 0. The first-order chi connectivity index (χ1) is 6.43. The van der Waals surface area contributed by atoms with Crippen LogP contribution in [0.2, 0.25) is 0 Å². The largest absolute Gasteiger partial charge is 0.227 e. The average molecular weight is 174 g/mol. The molecule has 0 saturated carbocycles. The number of nitrogens with zero attached hydrogens (tertiary/aromatic N) is 2. The number of hydrazine groups is 1. The molecule has 13 heavy (non-hydrogen) atoms. The number of fused-ring (bicyclic) bond motifs is 3. The summed E-state index contributed by atoms with van der Waals surface area (Å²) in [4.78, 5) is 0. The van der Waals surface area contributed by atoms with Crippen molar-refractivity contribution in [3.05, 3.63) is 24.3 Å². The molecule has 0 radical (unpaired) electrons. The van der Waals surface area contributed by atoms with E-state index in [1.54, 1.807) is 0 Å². The van der Waals surface area contributed by atoms with Crippen molar-refractivity contribution in [3.8, 4) is 0 Å². The molecule has 0 N–H and O–H groups in total. The topological polar surface area (TPSA) is 6.48 Å². The van der Waals surface area contributed by atoms with Crippen LogP contribution in [0.1, 0.15) is 19.3 Å². The number of hydrogen-bond acceptors (Lipinski definition) is 2. The monoisotopic (exact) mass is 174 g/mol. The standard InChI is InChI=1S/C11H14N2/c1-2-9-4-3-8(1)12-10-5-6-11(7-10)13(9)12/h1-2,5-6,8-11H,3-4,7H2. The summed E-state index contributed by atoms with van der Waals surface area (Å²) in [5.41, 5.74) is 0. The van der Waals surface area contributed by atoms with Crippen molar-refractivity contribution >= 4 is 0 Å². The Bertz CT molecular complexity index is 279. The number of hydrogen-bond donors (Lipinski definition) is 0. The zero-order valence-corrected chi connectivity index (χ0v) is 7.63. The van der Waals surface area contributed by atoms with Crippen molar-refractivity contribution in [3.63, 3.8) is 0 Å². The van der Waals surface area contributed by atoms with Crippen LogP contribution in [0.5, 0.6) is 0 Å². The molecule has 2 aliphatic carbocycles. The van der Waals surface area contributed by atoms with Gasteiger partial charge in [-0.3, -0.25) is 0 Å². The van der Waals surface area contributed by atoms with Gasteiger partial charge in [0.25, 0.3) is 0 Å². The first-order valence-corrected chi connectivity index (χ1v) is 5.37. The molecule has 0 aromatic carbocycles. The predicted molar refractivity (Wildman–Crippen MR) is 51.0 cm³/mol. The van der Waals surface area contributed by atoms with E-state index in [4.69, 9.17) is 0 Å². The van der Waals surface area contributed by atoms with Crippen LogP contribution in [0.4, 0.5) is 0 Å². The third-order valence-corrected chi connectivity index (χ3v) is 3.98. The van der Waals surface area contributed by atoms with E-state index in [0.29, 0.717) is 12.1 Å². The van der Waals surface area contributed by atoms with Crippen molar-refractivity contribution < 1.29 is 0 Å². The minimum absolute atomic E-state index is 0.713. The summed E-state index contributed by atoms with van der Waals surface area (Å²) < 4.78 is 0. The summed E-state index contributed by atoms with van der Waals surface area (Å²) in [5.74, 6) is 0. The lowest BCUT2D eigenvalue weighted by atomic mass is 9.93. The summed E-state index contributed by atoms with van der Waals surface area (Å²) in [7, 11) is 0. The van der Waals surface area contributed by atoms with Gasteiger partial charge in [-0.15, -0.1) is 0 Å². The van der Waals surface area contributed by atoms with Crippen LogP contribution in [0, 0.1) is 0 Å². The van der Waals surface area contributed by atoms with Crippen molar-refractivity contribution in [2.24, 2.45) is 0 Å². The fraction of sp³-hybridized carbons (Fsp3) is 0.636. The van der Waals surface area contributed by atoms with Gasteiger partial charge in [-0.1, -0.05) is 24.3 Å². The van der Waals surface area contributed by atoms with Gasteiger partial charge in [-0.2, -0.15) is 0 Å². The third-order valence-electron chi connectivity index (χ3n) is 3.98. The van der Waals surface area contributed by atoms with E-state index >= 15 is 0 Å². The molecule has 3 aliphatic heterocycles. The normalized spacial score (nSPS) is 52.0. The fourth-order valence-corrected chi connectivity index (χ4v) is 3.46. The van der Waals surface area contributed by atoms with E-state index in [2.05, 4.69) is 34.3 Å². The second-order valence-corrected chi connectivity index (χ2v) is 4.61. The lowest BCUT2D eigenvalue weighted by molar-refractivity contribution is -0.0986. The number of rotatable bonds is 0. The molecule has 68 valence electrons. The van der Waals surface area contributed by atoms with Gasteiger partial charge in [-0.05, 0) is 19.3 Å². The molecule has 5 rings (SSSR count). The van der Waals surface area contributed by atoms with Gasteiger partial charge in [0, 0.05) is 24.2 Å². The van der Waals surface area contributed by atoms with Gasteiger partial charge in [0.15, 0.2) is 0 Å². The van der Waals surface area contributed by atoms with Crippen molar-refractivity contribution in [1.82, 2.24) is 10.0 Å². The molecule has 4 unspecified atom stereocenters. The molecule has 3 heterocycles. The first kappa shape index (κ1) is 6.80. The third kappa shape index (κ3) is 0.683. The van der Waals surface area contributed by atoms with Gasteiger partial charge < -0.3 is 0 Å². The predicted octanol–water partition coefficient (Wildman–Crippen LogP) is 1.32. The molecule has 0 spiro atoms. The maximum Gasteiger partial charge on any atom is 0.0452 e. The van der Waals surface area contributed by atoms with Gasteiger partial charge >= 0.3 is 0 Å². The van der Waals surface area contributed by atoms with Crippen LogP contribution in [0.3, 0.4) is 0 Å². The van der Waals surface area contributed by atoms with E-state index in [1.165, 1.54) is 19.3 Å². The molecule has 2 fully saturated rings. The van der Waals surface area contributed by atoms with Crippen LogP contribution >= 0.6 is 0 Å². The van der Waals surface area contributed by atoms with Crippen LogP contribution < -0.4 is 0 Å². The van der Waals surface area contributed by atoms with Crippen LogP contribution in [-0.4, -0.2) is 34.2 Å². The van der Waals surface area contributed by atoms with E-state index in [-0.39, 0.29) is 0 Å². The molecular weight excluding hydrogens is 160 g/mol. The minimum Gasteiger partial charge on any atom is -0.227 e. The van der Waals surface area contributed by atoms with E-state index in [0.717, 1.165) is 12.1 Å². The zero-order valence-electron chi connectivity index (χ0n) is 7.63. The van der Waals surface area contributed by atoms with E-state index in [1.807, 2.05) is 0 Å². The molecular formula is C11H14N2. The molecule has 2 heteroatoms. The Hall–Kier alpha value is -0.600. The molecule has 5 aliphatic rings. The maximum absolute atomic E-state index is 2.62. The molecule has 2 nitrogen and oxygen atoms in total. The van der Waals surface area contributed by atoms with Gasteiger partial charge in [0.05, 0.1) is 0 Å². The average Bonchev–Trinajstić information content (AvgIpc) is 2.80. The van der Waals surface area contributed by atoms with Crippen molar-refractivity contribution in [2.45, 2.75) is 43.4 Å². The Morgan fingerprint density at radius 3 is 1.62 bits per heavy atom. The zero-order chi connectivity index (χ0) is 8.41. The lowest BCUT2D eigenvalue weighted by Gasteiger charge is -2.50. The van der Waals surface area contributed by atoms with Crippen LogP contribution in [0.25, 0.3) is 0 Å². The Morgan fingerprint density at radius 2 is 1.15 bits per heavy atom. The van der Waals surface area contributed by atoms with Crippen molar-refractivity contribution in [1.29, 1.82) is 0 Å². The highest BCUT2D eigenvalue weighted by Crippen LogP contribution is 2.43. The highest BCUT2D eigenvalue weighted by Gasteiger charge is 2.50. The Labute approximate surface area is 78.5 Å². The highest BCUT2D eigenvalue weighted by atomic mass is 15.7. The second-order valence-electron chi connectivity index (χ2n) is 4.61. The summed E-state index contributed by atoms with van der Waals surface area (Å²) in [6.07, 6.45) is 13.7. The van der Waals surface area contributed by atoms with Gasteiger partial charge in [0.1, 0.15) is 0 Å². The second kappa shape index (κ2) is 2.07. The van der Waals surface area contributed by atoms with E-state index < -0.39 is 0 Å². The first-order valence-electron chi connectivity index (χ1n) is 5.37. The Balaban J connectivity index is 1.84. The highest BCUT2D eigenvalue weighted by molar-refractivity contribution is 5.24. The maximum atomic E-state index is 2.62. The molecule has 2 saturated heterocycles. The van der Waals surface area contributed by atoms with Crippen LogP contribution in [-0.2, 0) is 0 Å². The quantitative estimate of drug-likeness (QED) is 0.511. The summed E-state index contributed by atoms with van der Waals surface area (Å²) in [6, 6.07) is 2.88. The molecule has 4 bridgehead atoms. The minimum atomic E-state index is 0.713. The van der Waals surface area contributed by atoms with Gasteiger partial charge in [0.2, 0.25) is 0 Å². The summed E-state index contributed by atoms with van der Waals surface area (Å²) >= 11 is 0. The summed E-state index contributed by atoms with van der Waals surface area (Å²) in [5, 5.41) is 5.25. The molecule has 4 atom stereocenters. The van der Waals surface area contributed by atoms with Gasteiger partial charge in [-0.25, -0.2) is 10.0 Å². The Morgan fingerprint density at radius 1 is 0.692 bits per heavy atom. The van der Waals surface area contributed by atoms with Crippen LogP contribution in [0.15, 0.2) is 24.3 Å². The SMILES string of the molecule is C1=CC2CCC1N1C3C=CC(C3)N21. The fourth-order valence-electron chi connectivity index (χ4n) is 3.46. The molecule has 0 amide bonds. The lowest BCUT2D eigenvalue weighted by Crippen LogP contribution is -2.60. The smallest absolute Gasteiger partial charge is 0.0452 e. The molecule has 0 aromatic rings. The Kier molecular flexibility index (Phi) is 1.08. The van der Waals surface area contributed by atoms with E-state index in [9.17, 15) is 0 Å². The van der Waals surface area contributed by atoms with Crippen molar-refractivity contribution in [2.75, 3.05) is 0 Å².